The Morgan fingerprint density at radius 3 is 2.11 bits per heavy atom. The zero-order valence-electron chi connectivity index (χ0n) is 12.2. The standard InChI is InChI=1S/C13H24N2O4/c1-8(6-10(16)17)7-14-11(18)9(2)15-12(19)13(3,4)5/h8-9H,6-7H2,1-5H3,(H,14,18)(H,15,19)(H,16,17). The lowest BCUT2D eigenvalue weighted by Crippen LogP contribution is -2.48. The van der Waals surface area contributed by atoms with Crippen LogP contribution >= 0.6 is 0 Å². The van der Waals surface area contributed by atoms with E-state index in [4.69, 9.17) is 5.11 Å². The van der Waals surface area contributed by atoms with Crippen LogP contribution in [0.25, 0.3) is 0 Å². The molecule has 0 aliphatic carbocycles. The van der Waals surface area contributed by atoms with Crippen LogP contribution in [0.5, 0.6) is 0 Å². The smallest absolute Gasteiger partial charge is 0.303 e. The number of hydrogen-bond donors (Lipinski definition) is 3. The number of carboxylic acids is 1. The number of aliphatic carboxylic acids is 1. The first-order valence-electron chi connectivity index (χ1n) is 6.34. The first-order valence-corrected chi connectivity index (χ1v) is 6.34. The fourth-order valence-electron chi connectivity index (χ4n) is 1.28. The Morgan fingerprint density at radius 1 is 1.16 bits per heavy atom. The molecule has 2 atom stereocenters. The molecule has 3 N–H and O–H groups in total. The Hall–Kier alpha value is -1.59. The molecular formula is C13H24N2O4. The average Bonchev–Trinajstić information content (AvgIpc) is 2.23. The van der Waals surface area contributed by atoms with Gasteiger partial charge in [-0.2, -0.15) is 0 Å². The molecular weight excluding hydrogens is 248 g/mol. The minimum Gasteiger partial charge on any atom is -0.481 e. The molecule has 0 rings (SSSR count). The Balaban J connectivity index is 4.15. The van der Waals surface area contributed by atoms with Gasteiger partial charge in [-0.15, -0.1) is 0 Å². The van der Waals surface area contributed by atoms with Crippen LogP contribution in [0.4, 0.5) is 0 Å². The second-order valence-corrected chi connectivity index (χ2v) is 5.89. The van der Waals surface area contributed by atoms with Crippen LogP contribution in [0.2, 0.25) is 0 Å². The molecule has 6 nitrogen and oxygen atoms in total. The second kappa shape index (κ2) is 7.11. The third-order valence-corrected chi connectivity index (χ3v) is 2.57. The highest BCUT2D eigenvalue weighted by atomic mass is 16.4. The van der Waals surface area contributed by atoms with Gasteiger partial charge >= 0.3 is 5.97 Å². The lowest BCUT2D eigenvalue weighted by Gasteiger charge is -2.22. The van der Waals surface area contributed by atoms with Crippen molar-refractivity contribution >= 4 is 17.8 Å². The number of carbonyl (C=O) groups is 3. The van der Waals surface area contributed by atoms with Crippen molar-refractivity contribution in [3.05, 3.63) is 0 Å². The number of carbonyl (C=O) groups excluding carboxylic acids is 2. The Bertz CT molecular complexity index is 347. The van der Waals surface area contributed by atoms with Gasteiger partial charge in [-0.05, 0) is 12.8 Å². The first-order chi connectivity index (χ1) is 8.54. The number of hydrogen-bond acceptors (Lipinski definition) is 3. The van der Waals surface area contributed by atoms with E-state index in [2.05, 4.69) is 10.6 Å². The molecule has 0 aromatic carbocycles. The molecule has 0 radical (unpaired) electrons. The highest BCUT2D eigenvalue weighted by molar-refractivity contribution is 5.89. The SMILES string of the molecule is CC(CNC(=O)C(C)NC(=O)C(C)(C)C)CC(=O)O. The van der Waals surface area contributed by atoms with E-state index in [-0.39, 0.29) is 30.7 Å². The van der Waals surface area contributed by atoms with E-state index in [0.29, 0.717) is 0 Å². The zero-order valence-corrected chi connectivity index (χ0v) is 12.2. The lowest BCUT2D eigenvalue weighted by atomic mass is 9.95. The number of nitrogens with one attached hydrogen (secondary N) is 2. The van der Waals surface area contributed by atoms with Crippen molar-refractivity contribution in [2.75, 3.05) is 6.54 Å². The quantitative estimate of drug-likeness (QED) is 0.665. The monoisotopic (exact) mass is 272 g/mol. The van der Waals surface area contributed by atoms with Gasteiger partial charge in [-0.1, -0.05) is 27.7 Å². The highest BCUT2D eigenvalue weighted by Crippen LogP contribution is 2.12. The fourth-order valence-corrected chi connectivity index (χ4v) is 1.28. The molecule has 2 unspecified atom stereocenters. The van der Waals surface area contributed by atoms with Gasteiger partial charge in [-0.25, -0.2) is 0 Å². The third kappa shape index (κ3) is 7.43. The van der Waals surface area contributed by atoms with Gasteiger partial charge < -0.3 is 15.7 Å². The van der Waals surface area contributed by atoms with Gasteiger partial charge in [0, 0.05) is 18.4 Å². The summed E-state index contributed by atoms with van der Waals surface area (Å²) in [6.07, 6.45) is 0.00299. The van der Waals surface area contributed by atoms with E-state index in [1.807, 2.05) is 0 Å². The number of amides is 2. The van der Waals surface area contributed by atoms with Gasteiger partial charge in [0.1, 0.15) is 6.04 Å². The van der Waals surface area contributed by atoms with Crippen molar-refractivity contribution in [3.63, 3.8) is 0 Å². The van der Waals surface area contributed by atoms with E-state index in [0.717, 1.165) is 0 Å². The van der Waals surface area contributed by atoms with E-state index in [9.17, 15) is 14.4 Å². The van der Waals surface area contributed by atoms with Crippen LogP contribution in [0.3, 0.4) is 0 Å². The molecule has 0 saturated heterocycles. The maximum atomic E-state index is 11.7. The topological polar surface area (TPSA) is 95.5 Å². The molecule has 0 aliphatic rings. The predicted octanol–water partition coefficient (Wildman–Crippen LogP) is 0.764. The molecule has 0 heterocycles. The molecule has 0 fully saturated rings. The summed E-state index contributed by atoms with van der Waals surface area (Å²) >= 11 is 0. The van der Waals surface area contributed by atoms with Gasteiger partial charge in [0.05, 0.1) is 0 Å². The van der Waals surface area contributed by atoms with Crippen LogP contribution in [0, 0.1) is 11.3 Å². The van der Waals surface area contributed by atoms with Crippen molar-refractivity contribution in [2.45, 2.75) is 47.1 Å². The van der Waals surface area contributed by atoms with Crippen molar-refractivity contribution in [3.8, 4) is 0 Å². The summed E-state index contributed by atoms with van der Waals surface area (Å²) in [5.74, 6) is -1.55. The van der Waals surface area contributed by atoms with Crippen molar-refractivity contribution in [1.29, 1.82) is 0 Å². The Kier molecular flexibility index (Phi) is 6.52. The summed E-state index contributed by atoms with van der Waals surface area (Å²) in [5, 5.41) is 13.8. The molecule has 6 heteroatoms. The van der Waals surface area contributed by atoms with E-state index in [1.165, 1.54) is 0 Å². The van der Waals surface area contributed by atoms with E-state index >= 15 is 0 Å². The van der Waals surface area contributed by atoms with Gasteiger partial charge in [-0.3, -0.25) is 14.4 Å². The maximum Gasteiger partial charge on any atom is 0.303 e. The van der Waals surface area contributed by atoms with Crippen LogP contribution < -0.4 is 10.6 Å². The summed E-state index contributed by atoms with van der Waals surface area (Å²) < 4.78 is 0. The summed E-state index contributed by atoms with van der Waals surface area (Å²) in [7, 11) is 0. The van der Waals surface area contributed by atoms with Gasteiger partial charge in [0.2, 0.25) is 11.8 Å². The summed E-state index contributed by atoms with van der Waals surface area (Å²) in [6, 6.07) is -0.635. The molecule has 110 valence electrons. The van der Waals surface area contributed by atoms with E-state index < -0.39 is 17.4 Å². The van der Waals surface area contributed by atoms with Crippen molar-refractivity contribution in [1.82, 2.24) is 10.6 Å². The van der Waals surface area contributed by atoms with E-state index in [1.54, 1.807) is 34.6 Å². The zero-order chi connectivity index (χ0) is 15.2. The maximum absolute atomic E-state index is 11.7. The highest BCUT2D eigenvalue weighted by Gasteiger charge is 2.25. The minimum absolute atomic E-state index is 0.00299. The first kappa shape index (κ1) is 17.4. The number of rotatable bonds is 6. The molecule has 0 bridgehead atoms. The van der Waals surface area contributed by atoms with Crippen molar-refractivity contribution in [2.24, 2.45) is 11.3 Å². The van der Waals surface area contributed by atoms with Crippen LogP contribution in [-0.4, -0.2) is 35.5 Å². The van der Waals surface area contributed by atoms with Gasteiger partial charge in [0.15, 0.2) is 0 Å². The normalized spacial score (nSPS) is 14.4. The summed E-state index contributed by atoms with van der Waals surface area (Å²) in [6.45, 7) is 8.92. The summed E-state index contributed by atoms with van der Waals surface area (Å²) in [5.41, 5.74) is -0.550. The van der Waals surface area contributed by atoms with Crippen LogP contribution in [-0.2, 0) is 14.4 Å². The van der Waals surface area contributed by atoms with Gasteiger partial charge in [0.25, 0.3) is 0 Å². The number of carboxylic acid groups (broad SMARTS) is 1. The largest absolute Gasteiger partial charge is 0.481 e. The predicted molar refractivity (Wildman–Crippen MR) is 71.5 cm³/mol. The minimum atomic E-state index is -0.893. The van der Waals surface area contributed by atoms with Crippen molar-refractivity contribution < 1.29 is 19.5 Å². The van der Waals surface area contributed by atoms with Crippen LogP contribution in [0.15, 0.2) is 0 Å². The Morgan fingerprint density at radius 2 is 1.68 bits per heavy atom. The lowest BCUT2D eigenvalue weighted by molar-refractivity contribution is -0.138. The molecule has 0 saturated carbocycles. The fraction of sp³-hybridized carbons (Fsp3) is 0.769. The molecule has 0 spiro atoms. The average molecular weight is 272 g/mol. The Labute approximate surface area is 113 Å². The molecule has 19 heavy (non-hydrogen) atoms. The second-order valence-electron chi connectivity index (χ2n) is 5.89. The molecule has 2 amide bonds. The third-order valence-electron chi connectivity index (χ3n) is 2.57. The molecule has 0 aliphatic heterocycles. The molecule has 0 aromatic rings. The molecule has 0 aromatic heterocycles. The van der Waals surface area contributed by atoms with Crippen LogP contribution in [0.1, 0.15) is 41.0 Å². The summed E-state index contributed by atoms with van der Waals surface area (Å²) in [4.78, 5) is 33.9.